The number of carbonyl (C=O) groups excluding carboxylic acids is 1. The number of nitrogens with zero attached hydrogens (tertiary/aromatic N) is 1. The van der Waals surface area contributed by atoms with E-state index in [1.807, 2.05) is 0 Å². The van der Waals surface area contributed by atoms with E-state index in [1.54, 1.807) is 0 Å². The second-order valence-corrected chi connectivity index (χ2v) is 6.83. The van der Waals surface area contributed by atoms with Gasteiger partial charge in [0.25, 0.3) is 17.4 Å². The number of nitro benzene ring substituents is 1. The number of hydrogen-bond acceptors (Lipinski definition) is 5. The minimum atomic E-state index is -2.52. The number of amides is 1. The molecule has 136 valence electrons. The SMILES string of the molecule is O=C(Nc1ccc(SC(F)F)cc1)c1ccc(NC2CC2)c([N+](=O)[O-])c1. The van der Waals surface area contributed by atoms with Crippen molar-refractivity contribution in [3.05, 3.63) is 58.1 Å². The number of halogens is 2. The zero-order valence-corrected chi connectivity index (χ0v) is 14.3. The lowest BCUT2D eigenvalue weighted by Crippen LogP contribution is -2.13. The highest BCUT2D eigenvalue weighted by molar-refractivity contribution is 7.99. The Morgan fingerprint density at radius 3 is 2.46 bits per heavy atom. The molecule has 2 N–H and O–H groups in total. The maximum absolute atomic E-state index is 12.3. The van der Waals surface area contributed by atoms with E-state index in [2.05, 4.69) is 10.6 Å². The molecule has 0 spiro atoms. The molecular weight excluding hydrogens is 364 g/mol. The summed E-state index contributed by atoms with van der Waals surface area (Å²) in [7, 11) is 0. The molecule has 1 saturated carbocycles. The molecule has 0 saturated heterocycles. The molecule has 3 rings (SSSR count). The summed E-state index contributed by atoms with van der Waals surface area (Å²) in [6, 6.07) is 10.4. The topological polar surface area (TPSA) is 84.3 Å². The first kappa shape index (κ1) is 18.1. The molecular formula is C17H15F2N3O3S. The fraction of sp³-hybridized carbons (Fsp3) is 0.235. The summed E-state index contributed by atoms with van der Waals surface area (Å²) in [5.41, 5.74) is 0.788. The molecule has 0 aromatic heterocycles. The summed E-state index contributed by atoms with van der Waals surface area (Å²) in [5, 5.41) is 16.9. The van der Waals surface area contributed by atoms with Gasteiger partial charge in [0.2, 0.25) is 0 Å². The van der Waals surface area contributed by atoms with Gasteiger partial charge in [-0.15, -0.1) is 0 Å². The van der Waals surface area contributed by atoms with Crippen molar-refractivity contribution in [1.29, 1.82) is 0 Å². The highest BCUT2D eigenvalue weighted by Crippen LogP contribution is 2.32. The number of benzene rings is 2. The quantitative estimate of drug-likeness (QED) is 0.412. The number of nitrogens with one attached hydrogen (secondary N) is 2. The Bertz CT molecular complexity index is 827. The van der Waals surface area contributed by atoms with Crippen molar-refractivity contribution in [3.8, 4) is 0 Å². The highest BCUT2D eigenvalue weighted by atomic mass is 32.2. The van der Waals surface area contributed by atoms with Gasteiger partial charge in [-0.2, -0.15) is 8.78 Å². The predicted molar refractivity (Wildman–Crippen MR) is 96.0 cm³/mol. The van der Waals surface area contributed by atoms with Crippen molar-refractivity contribution in [2.75, 3.05) is 10.6 Å². The van der Waals surface area contributed by atoms with Crippen LogP contribution < -0.4 is 10.6 Å². The Labute approximate surface area is 152 Å². The van der Waals surface area contributed by atoms with E-state index in [9.17, 15) is 23.7 Å². The molecule has 0 heterocycles. The standard InChI is InChI=1S/C17H15F2N3O3S/c18-17(19)26-13-6-4-12(5-7-13)21-16(23)10-1-8-14(20-11-2-3-11)15(9-10)22(24)25/h1,4-9,11,17,20H,2-3H2,(H,21,23). The molecule has 6 nitrogen and oxygen atoms in total. The van der Waals surface area contributed by atoms with Crippen LogP contribution in [0.2, 0.25) is 0 Å². The van der Waals surface area contributed by atoms with Gasteiger partial charge >= 0.3 is 0 Å². The molecule has 9 heteroatoms. The van der Waals surface area contributed by atoms with E-state index < -0.39 is 16.6 Å². The first-order chi connectivity index (χ1) is 12.4. The summed E-state index contributed by atoms with van der Waals surface area (Å²) >= 11 is 0.411. The van der Waals surface area contributed by atoms with Gasteiger partial charge in [0.05, 0.1) is 4.92 Å². The molecule has 1 aliphatic rings. The van der Waals surface area contributed by atoms with Gasteiger partial charge in [-0.1, -0.05) is 11.8 Å². The van der Waals surface area contributed by atoms with Crippen LogP contribution in [0.1, 0.15) is 23.2 Å². The summed E-state index contributed by atoms with van der Waals surface area (Å²) in [5.74, 6) is -3.03. The molecule has 1 amide bonds. The number of nitro groups is 1. The maximum Gasteiger partial charge on any atom is 0.293 e. The number of carbonyl (C=O) groups is 1. The molecule has 0 aliphatic heterocycles. The van der Waals surface area contributed by atoms with E-state index in [4.69, 9.17) is 0 Å². The zero-order chi connectivity index (χ0) is 18.7. The number of rotatable bonds is 7. The monoisotopic (exact) mass is 379 g/mol. The fourth-order valence-electron chi connectivity index (χ4n) is 2.32. The van der Waals surface area contributed by atoms with Crippen LogP contribution in [0, 0.1) is 10.1 Å². The van der Waals surface area contributed by atoms with Crippen LogP contribution in [0.3, 0.4) is 0 Å². The number of alkyl halides is 2. The second-order valence-electron chi connectivity index (χ2n) is 5.76. The van der Waals surface area contributed by atoms with Crippen LogP contribution >= 0.6 is 11.8 Å². The van der Waals surface area contributed by atoms with Gasteiger partial charge in [-0.25, -0.2) is 0 Å². The predicted octanol–water partition coefficient (Wildman–Crippen LogP) is 4.74. The number of anilines is 2. The van der Waals surface area contributed by atoms with Crippen LogP contribution in [0.4, 0.5) is 25.8 Å². The largest absolute Gasteiger partial charge is 0.377 e. The summed E-state index contributed by atoms with van der Waals surface area (Å²) < 4.78 is 24.6. The molecule has 2 aromatic rings. The Kier molecular flexibility index (Phi) is 5.36. The molecule has 0 atom stereocenters. The Hall–Kier alpha value is -2.68. The highest BCUT2D eigenvalue weighted by Gasteiger charge is 2.25. The first-order valence-corrected chi connectivity index (χ1v) is 8.71. The lowest BCUT2D eigenvalue weighted by Gasteiger charge is -2.09. The van der Waals surface area contributed by atoms with Crippen LogP contribution in [0.5, 0.6) is 0 Å². The molecule has 1 aliphatic carbocycles. The van der Waals surface area contributed by atoms with Crippen LogP contribution in [0.15, 0.2) is 47.4 Å². The fourth-order valence-corrected chi connectivity index (χ4v) is 2.82. The van der Waals surface area contributed by atoms with E-state index in [1.165, 1.54) is 42.5 Å². The van der Waals surface area contributed by atoms with Gasteiger partial charge in [-0.05, 0) is 49.2 Å². The van der Waals surface area contributed by atoms with Crippen LogP contribution in [-0.4, -0.2) is 22.6 Å². The van der Waals surface area contributed by atoms with Crippen LogP contribution in [-0.2, 0) is 0 Å². The van der Waals surface area contributed by atoms with E-state index in [0.29, 0.717) is 28.0 Å². The Balaban J connectivity index is 1.72. The molecule has 26 heavy (non-hydrogen) atoms. The van der Waals surface area contributed by atoms with Crippen LogP contribution in [0.25, 0.3) is 0 Å². The van der Waals surface area contributed by atoms with Gasteiger partial charge < -0.3 is 10.6 Å². The molecule has 1 fully saturated rings. The molecule has 0 unspecified atom stereocenters. The van der Waals surface area contributed by atoms with Gasteiger partial charge in [-0.3, -0.25) is 14.9 Å². The average Bonchev–Trinajstić information content (AvgIpc) is 3.40. The average molecular weight is 379 g/mol. The van der Waals surface area contributed by atoms with Gasteiger partial charge in [0, 0.05) is 28.3 Å². The van der Waals surface area contributed by atoms with E-state index >= 15 is 0 Å². The van der Waals surface area contributed by atoms with E-state index in [0.717, 1.165) is 12.8 Å². The van der Waals surface area contributed by atoms with Gasteiger partial charge in [0.15, 0.2) is 0 Å². The third-order valence-electron chi connectivity index (χ3n) is 3.73. The summed E-state index contributed by atoms with van der Waals surface area (Å²) in [4.78, 5) is 23.4. The van der Waals surface area contributed by atoms with E-state index in [-0.39, 0.29) is 17.3 Å². The second kappa shape index (κ2) is 7.69. The van der Waals surface area contributed by atoms with Crippen molar-refractivity contribution in [2.24, 2.45) is 0 Å². The van der Waals surface area contributed by atoms with Crippen molar-refractivity contribution in [2.45, 2.75) is 29.5 Å². The van der Waals surface area contributed by atoms with Crippen molar-refractivity contribution in [1.82, 2.24) is 0 Å². The Morgan fingerprint density at radius 2 is 1.88 bits per heavy atom. The maximum atomic E-state index is 12.3. The van der Waals surface area contributed by atoms with Crippen molar-refractivity contribution in [3.63, 3.8) is 0 Å². The summed E-state index contributed by atoms with van der Waals surface area (Å²) in [6.45, 7) is 0. The third kappa shape index (κ3) is 4.69. The molecule has 0 bridgehead atoms. The lowest BCUT2D eigenvalue weighted by molar-refractivity contribution is -0.384. The Morgan fingerprint density at radius 1 is 1.19 bits per heavy atom. The first-order valence-electron chi connectivity index (χ1n) is 7.83. The molecule has 0 radical (unpaired) electrons. The normalized spacial score (nSPS) is 13.5. The third-order valence-corrected chi connectivity index (χ3v) is 4.45. The van der Waals surface area contributed by atoms with Crippen molar-refractivity contribution < 1.29 is 18.5 Å². The molecule has 2 aromatic carbocycles. The number of hydrogen-bond donors (Lipinski definition) is 2. The minimum Gasteiger partial charge on any atom is -0.377 e. The smallest absolute Gasteiger partial charge is 0.293 e. The van der Waals surface area contributed by atoms with Crippen molar-refractivity contribution >= 4 is 34.7 Å². The number of thioether (sulfide) groups is 1. The lowest BCUT2D eigenvalue weighted by atomic mass is 10.1. The zero-order valence-electron chi connectivity index (χ0n) is 13.4. The summed E-state index contributed by atoms with van der Waals surface area (Å²) in [6.07, 6.45) is 1.94. The minimum absolute atomic E-state index is 0.143. The van der Waals surface area contributed by atoms with Gasteiger partial charge in [0.1, 0.15) is 5.69 Å².